The van der Waals surface area contributed by atoms with Crippen LogP contribution >= 0.6 is 0 Å². The summed E-state index contributed by atoms with van der Waals surface area (Å²) in [6.07, 6.45) is 2.33. The van der Waals surface area contributed by atoms with Gasteiger partial charge in [-0.2, -0.15) is 0 Å². The van der Waals surface area contributed by atoms with Crippen molar-refractivity contribution in [3.63, 3.8) is 0 Å². The van der Waals surface area contributed by atoms with Crippen LogP contribution in [0.15, 0.2) is 18.2 Å². The minimum atomic E-state index is -0.841. The van der Waals surface area contributed by atoms with Crippen LogP contribution in [0.2, 0.25) is 0 Å². The van der Waals surface area contributed by atoms with Gasteiger partial charge in [-0.1, -0.05) is 0 Å². The molecule has 0 aliphatic rings. The number of hydrogen-bond donors (Lipinski definition) is 2. The monoisotopic (exact) mass is 284 g/mol. The molecular weight excluding hydrogens is 264 g/mol. The molecule has 0 saturated heterocycles. The molecule has 0 aliphatic carbocycles. The van der Waals surface area contributed by atoms with E-state index in [1.165, 1.54) is 7.11 Å². The lowest BCUT2D eigenvalue weighted by Gasteiger charge is -2.14. The van der Waals surface area contributed by atoms with E-state index < -0.39 is 10.8 Å². The van der Waals surface area contributed by atoms with Gasteiger partial charge in [0.2, 0.25) is 0 Å². The Morgan fingerprint density at radius 2 is 2.21 bits per heavy atom. The van der Waals surface area contributed by atoms with Gasteiger partial charge in [0.25, 0.3) is 5.91 Å². The molecule has 0 bridgehead atoms. The van der Waals surface area contributed by atoms with Crippen LogP contribution in [0.25, 0.3) is 0 Å². The maximum Gasteiger partial charge on any atom is 0.251 e. The zero-order valence-corrected chi connectivity index (χ0v) is 12.3. The molecule has 3 N–H and O–H groups in total. The molecule has 0 heterocycles. The number of carbonyl (C=O) groups excluding carboxylic acids is 1. The van der Waals surface area contributed by atoms with Crippen molar-refractivity contribution < 1.29 is 13.7 Å². The van der Waals surface area contributed by atoms with Gasteiger partial charge in [-0.25, -0.2) is 0 Å². The summed E-state index contributed by atoms with van der Waals surface area (Å²) in [7, 11) is 0.665. The van der Waals surface area contributed by atoms with Gasteiger partial charge in [-0.05, 0) is 31.5 Å². The largest absolute Gasteiger partial charge is 0.495 e. The molecule has 0 aliphatic heterocycles. The Morgan fingerprint density at radius 1 is 1.53 bits per heavy atom. The Balaban J connectivity index is 2.65. The summed E-state index contributed by atoms with van der Waals surface area (Å²) in [5, 5.41) is 2.85. The highest BCUT2D eigenvalue weighted by Crippen LogP contribution is 2.22. The third kappa shape index (κ3) is 4.90. The third-order valence-corrected chi connectivity index (χ3v) is 3.52. The smallest absolute Gasteiger partial charge is 0.251 e. The highest BCUT2D eigenvalue weighted by Gasteiger charge is 2.12. The van der Waals surface area contributed by atoms with E-state index in [0.29, 0.717) is 29.2 Å². The number of methoxy groups -OCH3 is 1. The van der Waals surface area contributed by atoms with E-state index in [0.717, 1.165) is 0 Å². The normalized spacial score (nSPS) is 13.6. The van der Waals surface area contributed by atoms with Gasteiger partial charge in [0.1, 0.15) is 5.75 Å². The number of benzene rings is 1. The second-order valence-corrected chi connectivity index (χ2v) is 5.95. The first-order valence-electron chi connectivity index (χ1n) is 5.98. The molecule has 1 aromatic carbocycles. The Kier molecular flexibility index (Phi) is 5.82. The van der Waals surface area contributed by atoms with E-state index in [9.17, 15) is 9.00 Å². The molecule has 1 rings (SSSR count). The van der Waals surface area contributed by atoms with Crippen LogP contribution < -0.4 is 15.8 Å². The van der Waals surface area contributed by atoms with Crippen LogP contribution in [0.3, 0.4) is 0 Å². The van der Waals surface area contributed by atoms with Gasteiger partial charge in [-0.3, -0.25) is 9.00 Å². The van der Waals surface area contributed by atoms with Crippen LogP contribution in [0.4, 0.5) is 5.69 Å². The van der Waals surface area contributed by atoms with Crippen molar-refractivity contribution in [3.05, 3.63) is 23.8 Å². The zero-order valence-electron chi connectivity index (χ0n) is 11.4. The zero-order chi connectivity index (χ0) is 14.4. The van der Waals surface area contributed by atoms with Crippen LogP contribution in [-0.2, 0) is 10.8 Å². The number of hydrogen-bond acceptors (Lipinski definition) is 4. The molecule has 0 fully saturated rings. The summed E-state index contributed by atoms with van der Waals surface area (Å²) in [4.78, 5) is 12.0. The molecule has 0 aromatic heterocycles. The van der Waals surface area contributed by atoms with Gasteiger partial charge >= 0.3 is 0 Å². The van der Waals surface area contributed by atoms with E-state index in [1.807, 2.05) is 6.92 Å². The number of rotatable bonds is 6. The molecule has 0 radical (unpaired) electrons. The minimum Gasteiger partial charge on any atom is -0.495 e. The number of anilines is 1. The maximum absolute atomic E-state index is 12.0. The fraction of sp³-hybridized carbons (Fsp3) is 0.462. The number of nitrogen functional groups attached to an aromatic ring is 1. The first-order chi connectivity index (χ1) is 8.93. The average Bonchev–Trinajstić information content (AvgIpc) is 2.36. The number of nitrogens with one attached hydrogen (secondary N) is 1. The topological polar surface area (TPSA) is 81.4 Å². The van der Waals surface area contributed by atoms with Gasteiger partial charge in [0.15, 0.2) is 0 Å². The molecule has 0 saturated carbocycles. The third-order valence-electron chi connectivity index (χ3n) is 2.71. The Labute approximate surface area is 116 Å². The summed E-state index contributed by atoms with van der Waals surface area (Å²) in [5.41, 5.74) is 6.68. The lowest BCUT2D eigenvalue weighted by molar-refractivity contribution is 0.0939. The Bertz CT molecular complexity index is 477. The van der Waals surface area contributed by atoms with Crippen molar-refractivity contribution >= 4 is 22.4 Å². The maximum atomic E-state index is 12.0. The summed E-state index contributed by atoms with van der Waals surface area (Å²) in [6.45, 7) is 1.89. The van der Waals surface area contributed by atoms with Gasteiger partial charge < -0.3 is 15.8 Å². The van der Waals surface area contributed by atoms with Crippen molar-refractivity contribution in [1.29, 1.82) is 0 Å². The van der Waals surface area contributed by atoms with E-state index >= 15 is 0 Å². The Morgan fingerprint density at radius 3 is 2.79 bits per heavy atom. The van der Waals surface area contributed by atoms with Gasteiger partial charge in [0.05, 0.1) is 12.8 Å². The average molecular weight is 284 g/mol. The number of amides is 1. The fourth-order valence-corrected chi connectivity index (χ4v) is 2.26. The van der Waals surface area contributed by atoms with Gasteiger partial charge in [-0.15, -0.1) is 0 Å². The number of ether oxygens (including phenoxy) is 1. The van der Waals surface area contributed by atoms with Crippen molar-refractivity contribution in [2.75, 3.05) is 24.9 Å². The SMILES string of the molecule is COc1cc(C(=O)NC(C)CCS(C)=O)ccc1N. The molecule has 5 nitrogen and oxygen atoms in total. The number of nitrogens with two attached hydrogens (primary N) is 1. The first kappa shape index (κ1) is 15.5. The van der Waals surface area contributed by atoms with Crippen molar-refractivity contribution in [3.8, 4) is 5.75 Å². The van der Waals surface area contributed by atoms with Gasteiger partial charge in [0, 0.05) is 34.4 Å². The second kappa shape index (κ2) is 7.13. The molecule has 6 heteroatoms. The fourth-order valence-electron chi connectivity index (χ4n) is 1.57. The van der Waals surface area contributed by atoms with E-state index in [-0.39, 0.29) is 11.9 Å². The standard InChI is InChI=1S/C13H20N2O3S/c1-9(6-7-19(3)17)15-13(16)10-4-5-11(14)12(8-10)18-2/h4-5,8-9H,6-7,14H2,1-3H3,(H,15,16). The van der Waals surface area contributed by atoms with Crippen LogP contribution in [0.1, 0.15) is 23.7 Å². The van der Waals surface area contributed by atoms with E-state index in [4.69, 9.17) is 10.5 Å². The first-order valence-corrected chi connectivity index (χ1v) is 7.71. The summed E-state index contributed by atoms with van der Waals surface area (Å²) >= 11 is 0. The molecule has 1 aromatic rings. The summed E-state index contributed by atoms with van der Waals surface area (Å²) in [5.74, 6) is 0.870. The van der Waals surface area contributed by atoms with E-state index in [1.54, 1.807) is 24.5 Å². The Hall–Kier alpha value is -1.56. The number of carbonyl (C=O) groups is 1. The minimum absolute atomic E-state index is 0.0278. The molecule has 19 heavy (non-hydrogen) atoms. The highest BCUT2D eigenvalue weighted by molar-refractivity contribution is 7.84. The molecule has 0 spiro atoms. The quantitative estimate of drug-likeness (QED) is 0.768. The molecule has 2 atom stereocenters. The lowest BCUT2D eigenvalue weighted by atomic mass is 10.1. The predicted molar refractivity (Wildman–Crippen MR) is 77.9 cm³/mol. The molecule has 106 valence electrons. The van der Waals surface area contributed by atoms with Crippen LogP contribution in [-0.4, -0.2) is 35.3 Å². The molecular formula is C13H20N2O3S. The lowest BCUT2D eigenvalue weighted by Crippen LogP contribution is -2.33. The van der Waals surface area contributed by atoms with E-state index in [2.05, 4.69) is 5.32 Å². The second-order valence-electron chi connectivity index (χ2n) is 4.40. The van der Waals surface area contributed by atoms with Crippen molar-refractivity contribution in [2.45, 2.75) is 19.4 Å². The molecule has 1 amide bonds. The predicted octanol–water partition coefficient (Wildman–Crippen LogP) is 1.16. The van der Waals surface area contributed by atoms with Crippen LogP contribution in [0.5, 0.6) is 5.75 Å². The summed E-state index contributed by atoms with van der Waals surface area (Å²) in [6, 6.07) is 4.87. The van der Waals surface area contributed by atoms with Crippen molar-refractivity contribution in [2.24, 2.45) is 0 Å². The summed E-state index contributed by atoms with van der Waals surface area (Å²) < 4.78 is 16.1. The van der Waals surface area contributed by atoms with Crippen molar-refractivity contribution in [1.82, 2.24) is 5.32 Å². The van der Waals surface area contributed by atoms with Crippen LogP contribution in [0, 0.1) is 0 Å². The highest BCUT2D eigenvalue weighted by atomic mass is 32.2. The molecule has 2 unspecified atom stereocenters.